The van der Waals surface area contributed by atoms with E-state index in [2.05, 4.69) is 11.0 Å². The molecule has 21 heavy (non-hydrogen) atoms. The molecule has 2 aromatic carbocycles. The summed E-state index contributed by atoms with van der Waals surface area (Å²) in [6, 6.07) is 15.4. The number of nitrogens with zero attached hydrogens (tertiary/aromatic N) is 1. The van der Waals surface area contributed by atoms with Crippen molar-refractivity contribution in [2.45, 2.75) is 13.0 Å². The SMILES string of the molecule is OB(O)c1cccc(CN2CCCOc3ccccc32)c1. The lowest BCUT2D eigenvalue weighted by molar-refractivity contribution is 0.322. The van der Waals surface area contributed by atoms with E-state index in [-0.39, 0.29) is 0 Å². The molecule has 0 saturated heterocycles. The second-order valence-corrected chi connectivity index (χ2v) is 5.21. The average Bonchev–Trinajstić information content (AvgIpc) is 2.70. The highest BCUT2D eigenvalue weighted by molar-refractivity contribution is 6.58. The van der Waals surface area contributed by atoms with Gasteiger partial charge in [-0.1, -0.05) is 36.4 Å². The minimum absolute atomic E-state index is 0.520. The average molecular weight is 283 g/mol. The maximum absolute atomic E-state index is 9.28. The minimum atomic E-state index is -1.43. The topological polar surface area (TPSA) is 52.9 Å². The molecule has 0 amide bonds. The lowest BCUT2D eigenvalue weighted by Gasteiger charge is -2.24. The molecular weight excluding hydrogens is 265 g/mol. The molecule has 0 radical (unpaired) electrons. The van der Waals surface area contributed by atoms with E-state index in [0.717, 1.165) is 43.1 Å². The Bertz CT molecular complexity index is 618. The molecule has 0 saturated carbocycles. The number of fused-ring (bicyclic) bond motifs is 1. The summed E-state index contributed by atoms with van der Waals surface area (Å²) in [6.45, 7) is 2.37. The summed E-state index contributed by atoms with van der Waals surface area (Å²) in [6.07, 6.45) is 0.969. The van der Waals surface area contributed by atoms with Crippen LogP contribution in [0, 0.1) is 0 Å². The van der Waals surface area contributed by atoms with Crippen LogP contribution in [-0.2, 0) is 6.54 Å². The summed E-state index contributed by atoms with van der Waals surface area (Å²) in [5.41, 5.74) is 2.66. The summed E-state index contributed by atoms with van der Waals surface area (Å²) in [5.74, 6) is 0.911. The van der Waals surface area contributed by atoms with E-state index in [1.807, 2.05) is 36.4 Å². The van der Waals surface area contributed by atoms with E-state index in [1.165, 1.54) is 0 Å². The molecule has 0 atom stereocenters. The molecule has 1 aliphatic rings. The molecule has 0 bridgehead atoms. The molecule has 5 heteroatoms. The van der Waals surface area contributed by atoms with Crippen molar-refractivity contribution in [1.29, 1.82) is 0 Å². The second kappa shape index (κ2) is 6.20. The third-order valence-corrected chi connectivity index (χ3v) is 3.66. The number of ether oxygens (including phenoxy) is 1. The van der Waals surface area contributed by atoms with Gasteiger partial charge in [-0.05, 0) is 29.6 Å². The zero-order valence-electron chi connectivity index (χ0n) is 11.8. The maximum atomic E-state index is 9.28. The fraction of sp³-hybridized carbons (Fsp3) is 0.250. The molecule has 1 aliphatic heterocycles. The van der Waals surface area contributed by atoms with Gasteiger partial charge < -0.3 is 19.7 Å². The molecule has 2 aromatic rings. The quantitative estimate of drug-likeness (QED) is 0.830. The van der Waals surface area contributed by atoms with E-state index in [4.69, 9.17) is 4.74 Å². The fourth-order valence-electron chi connectivity index (χ4n) is 2.64. The van der Waals surface area contributed by atoms with Crippen molar-refractivity contribution in [2.24, 2.45) is 0 Å². The predicted octanol–water partition coefficient (Wildman–Crippen LogP) is 1.16. The van der Waals surface area contributed by atoms with Crippen molar-refractivity contribution in [1.82, 2.24) is 0 Å². The summed E-state index contributed by atoms with van der Waals surface area (Å²) in [5, 5.41) is 18.6. The molecule has 1 heterocycles. The third kappa shape index (κ3) is 3.20. The van der Waals surface area contributed by atoms with Crippen LogP contribution in [0.15, 0.2) is 48.5 Å². The minimum Gasteiger partial charge on any atom is -0.491 e. The van der Waals surface area contributed by atoms with Crippen LogP contribution in [0.4, 0.5) is 5.69 Å². The Morgan fingerprint density at radius 2 is 1.95 bits per heavy atom. The van der Waals surface area contributed by atoms with Crippen LogP contribution in [0.5, 0.6) is 5.75 Å². The van der Waals surface area contributed by atoms with E-state index < -0.39 is 7.12 Å². The van der Waals surface area contributed by atoms with Crippen molar-refractivity contribution in [2.75, 3.05) is 18.1 Å². The monoisotopic (exact) mass is 283 g/mol. The number of anilines is 1. The van der Waals surface area contributed by atoms with Gasteiger partial charge in [-0.2, -0.15) is 0 Å². The van der Waals surface area contributed by atoms with Crippen LogP contribution in [0.25, 0.3) is 0 Å². The lowest BCUT2D eigenvalue weighted by Crippen LogP contribution is -2.31. The van der Waals surface area contributed by atoms with Crippen LogP contribution in [0.1, 0.15) is 12.0 Å². The molecule has 0 spiro atoms. The standard InChI is InChI=1S/C16H18BNO3/c19-17(20)14-6-3-5-13(11-14)12-18-9-4-10-21-16-8-2-1-7-15(16)18/h1-3,5-8,11,19-20H,4,9-10,12H2. The molecule has 0 aliphatic carbocycles. The van der Waals surface area contributed by atoms with Gasteiger partial charge in [0.1, 0.15) is 5.75 Å². The highest BCUT2D eigenvalue weighted by Gasteiger charge is 2.17. The van der Waals surface area contributed by atoms with Gasteiger partial charge in [0.2, 0.25) is 0 Å². The Labute approximate surface area is 124 Å². The highest BCUT2D eigenvalue weighted by atomic mass is 16.5. The zero-order valence-corrected chi connectivity index (χ0v) is 11.8. The van der Waals surface area contributed by atoms with E-state index in [0.29, 0.717) is 5.46 Å². The summed E-state index contributed by atoms with van der Waals surface area (Å²) in [7, 11) is -1.43. The Morgan fingerprint density at radius 1 is 1.10 bits per heavy atom. The molecule has 4 nitrogen and oxygen atoms in total. The first-order valence-corrected chi connectivity index (χ1v) is 7.16. The first-order chi connectivity index (χ1) is 10.2. The van der Waals surface area contributed by atoms with Crippen molar-refractivity contribution in [3.05, 3.63) is 54.1 Å². The number of hydrogen-bond donors (Lipinski definition) is 2. The maximum Gasteiger partial charge on any atom is 0.488 e. The number of benzene rings is 2. The Kier molecular flexibility index (Phi) is 4.13. The predicted molar refractivity (Wildman–Crippen MR) is 83.9 cm³/mol. The van der Waals surface area contributed by atoms with Crippen molar-refractivity contribution < 1.29 is 14.8 Å². The van der Waals surface area contributed by atoms with Gasteiger partial charge in [0, 0.05) is 13.1 Å². The van der Waals surface area contributed by atoms with Gasteiger partial charge in [-0.25, -0.2) is 0 Å². The first kappa shape index (κ1) is 14.0. The Hall–Kier alpha value is -1.98. The second-order valence-electron chi connectivity index (χ2n) is 5.21. The smallest absolute Gasteiger partial charge is 0.488 e. The Morgan fingerprint density at radius 3 is 2.81 bits per heavy atom. The summed E-state index contributed by atoms with van der Waals surface area (Å²) < 4.78 is 5.76. The van der Waals surface area contributed by atoms with Crippen LogP contribution in [-0.4, -0.2) is 30.3 Å². The summed E-state index contributed by atoms with van der Waals surface area (Å²) in [4.78, 5) is 2.27. The number of rotatable bonds is 3. The Balaban J connectivity index is 1.86. The molecule has 108 valence electrons. The fourth-order valence-corrected chi connectivity index (χ4v) is 2.64. The molecule has 0 aromatic heterocycles. The lowest BCUT2D eigenvalue weighted by atomic mass is 9.79. The highest BCUT2D eigenvalue weighted by Crippen LogP contribution is 2.31. The largest absolute Gasteiger partial charge is 0.491 e. The van der Waals surface area contributed by atoms with E-state index >= 15 is 0 Å². The zero-order chi connectivity index (χ0) is 14.7. The normalized spacial score (nSPS) is 14.1. The molecule has 2 N–H and O–H groups in total. The molecular formula is C16H18BNO3. The van der Waals surface area contributed by atoms with Crippen molar-refractivity contribution in [3.8, 4) is 5.75 Å². The van der Waals surface area contributed by atoms with Gasteiger partial charge in [-0.3, -0.25) is 0 Å². The first-order valence-electron chi connectivity index (χ1n) is 7.16. The van der Waals surface area contributed by atoms with Crippen LogP contribution in [0.3, 0.4) is 0 Å². The van der Waals surface area contributed by atoms with Gasteiger partial charge in [0.25, 0.3) is 0 Å². The van der Waals surface area contributed by atoms with Gasteiger partial charge in [0.05, 0.1) is 12.3 Å². The van der Waals surface area contributed by atoms with Crippen LogP contribution < -0.4 is 15.1 Å². The van der Waals surface area contributed by atoms with Crippen LogP contribution >= 0.6 is 0 Å². The van der Waals surface area contributed by atoms with E-state index in [1.54, 1.807) is 6.07 Å². The van der Waals surface area contributed by atoms with Crippen LogP contribution in [0.2, 0.25) is 0 Å². The number of hydrogen-bond acceptors (Lipinski definition) is 4. The van der Waals surface area contributed by atoms with Crippen molar-refractivity contribution in [3.63, 3.8) is 0 Å². The molecule has 3 rings (SSSR count). The summed E-state index contributed by atoms with van der Waals surface area (Å²) >= 11 is 0. The van der Waals surface area contributed by atoms with Gasteiger partial charge in [-0.15, -0.1) is 0 Å². The molecule has 0 fully saturated rings. The van der Waals surface area contributed by atoms with Gasteiger partial charge >= 0.3 is 7.12 Å². The molecule has 0 unspecified atom stereocenters. The van der Waals surface area contributed by atoms with Crippen molar-refractivity contribution >= 4 is 18.3 Å². The van der Waals surface area contributed by atoms with E-state index in [9.17, 15) is 10.0 Å². The third-order valence-electron chi connectivity index (χ3n) is 3.66. The van der Waals surface area contributed by atoms with Gasteiger partial charge in [0.15, 0.2) is 0 Å². The number of para-hydroxylation sites is 2.